The van der Waals surface area contributed by atoms with E-state index in [2.05, 4.69) is 5.32 Å². The lowest BCUT2D eigenvalue weighted by atomic mass is 10.1. The maximum atomic E-state index is 14.2. The van der Waals surface area contributed by atoms with Gasteiger partial charge in [0.15, 0.2) is 0 Å². The lowest BCUT2D eigenvalue weighted by molar-refractivity contribution is -0.140. The number of ether oxygens (including phenoxy) is 1. The Morgan fingerprint density at radius 2 is 1.63 bits per heavy atom. The van der Waals surface area contributed by atoms with E-state index in [1.54, 1.807) is 60.7 Å². The summed E-state index contributed by atoms with van der Waals surface area (Å²) < 4.78 is 34.6. The summed E-state index contributed by atoms with van der Waals surface area (Å²) in [7, 11) is -4.18. The van der Waals surface area contributed by atoms with Crippen LogP contribution in [0.3, 0.4) is 0 Å². The van der Waals surface area contributed by atoms with Crippen molar-refractivity contribution in [1.29, 1.82) is 0 Å². The van der Waals surface area contributed by atoms with Crippen LogP contribution in [0, 0.1) is 0 Å². The van der Waals surface area contributed by atoms with Gasteiger partial charge >= 0.3 is 0 Å². The number of rotatable bonds is 13. The molecule has 1 aliphatic carbocycles. The smallest absolute Gasteiger partial charge is 0.264 e. The molecule has 8 nitrogen and oxygen atoms in total. The van der Waals surface area contributed by atoms with Crippen molar-refractivity contribution in [2.75, 3.05) is 17.5 Å². The summed E-state index contributed by atoms with van der Waals surface area (Å²) in [6.07, 6.45) is 4.21. The molecule has 3 aromatic carbocycles. The maximum Gasteiger partial charge on any atom is 0.264 e. The monoisotopic (exact) mass is 645 g/mol. The van der Waals surface area contributed by atoms with Crippen molar-refractivity contribution in [1.82, 2.24) is 10.2 Å². The van der Waals surface area contributed by atoms with Crippen LogP contribution in [0.2, 0.25) is 10.0 Å². The number of amides is 2. The summed E-state index contributed by atoms with van der Waals surface area (Å²) in [5, 5.41) is 3.79. The second-order valence-corrected chi connectivity index (χ2v) is 13.1. The van der Waals surface area contributed by atoms with E-state index in [-0.39, 0.29) is 23.4 Å². The van der Waals surface area contributed by atoms with E-state index in [1.165, 1.54) is 17.0 Å². The van der Waals surface area contributed by atoms with Crippen LogP contribution in [0.5, 0.6) is 5.75 Å². The van der Waals surface area contributed by atoms with Crippen LogP contribution >= 0.6 is 23.2 Å². The molecule has 1 atom stereocenters. The molecule has 0 saturated heterocycles. The van der Waals surface area contributed by atoms with Crippen molar-refractivity contribution < 1.29 is 22.7 Å². The molecule has 43 heavy (non-hydrogen) atoms. The molecule has 0 spiro atoms. The number of carbonyl (C=O) groups is 2. The first-order valence-electron chi connectivity index (χ1n) is 14.5. The predicted octanol–water partition coefficient (Wildman–Crippen LogP) is 6.45. The quantitative estimate of drug-likeness (QED) is 0.230. The van der Waals surface area contributed by atoms with Crippen molar-refractivity contribution in [3.8, 4) is 5.75 Å². The Morgan fingerprint density at radius 3 is 2.23 bits per heavy atom. The average Bonchev–Trinajstić information content (AvgIpc) is 3.51. The summed E-state index contributed by atoms with van der Waals surface area (Å²) in [6, 6.07) is 18.8. The molecule has 1 unspecified atom stereocenters. The zero-order chi connectivity index (χ0) is 31.0. The van der Waals surface area contributed by atoms with Gasteiger partial charge in [0.25, 0.3) is 10.0 Å². The van der Waals surface area contributed by atoms with Crippen LogP contribution in [0.25, 0.3) is 0 Å². The second kappa shape index (κ2) is 14.9. The molecular weight excluding hydrogens is 609 g/mol. The Morgan fingerprint density at radius 1 is 0.953 bits per heavy atom. The highest BCUT2D eigenvalue weighted by Crippen LogP contribution is 2.28. The fourth-order valence-electron chi connectivity index (χ4n) is 5.25. The van der Waals surface area contributed by atoms with Crippen LogP contribution in [0.4, 0.5) is 5.69 Å². The average molecular weight is 647 g/mol. The van der Waals surface area contributed by atoms with Crippen LogP contribution in [-0.4, -0.2) is 50.4 Å². The van der Waals surface area contributed by atoms with Crippen molar-refractivity contribution in [2.24, 2.45) is 0 Å². The normalized spacial score (nSPS) is 14.2. The molecule has 0 heterocycles. The molecule has 0 aliphatic heterocycles. The second-order valence-electron chi connectivity index (χ2n) is 10.4. The number of anilines is 1. The van der Waals surface area contributed by atoms with Gasteiger partial charge in [0.05, 0.1) is 27.2 Å². The van der Waals surface area contributed by atoms with Crippen molar-refractivity contribution in [3.63, 3.8) is 0 Å². The topological polar surface area (TPSA) is 96.0 Å². The summed E-state index contributed by atoms with van der Waals surface area (Å²) >= 11 is 12.4. The van der Waals surface area contributed by atoms with E-state index in [0.717, 1.165) is 30.0 Å². The fourth-order valence-corrected chi connectivity index (χ4v) is 6.98. The van der Waals surface area contributed by atoms with Crippen molar-refractivity contribution >= 4 is 50.7 Å². The highest BCUT2D eigenvalue weighted by atomic mass is 35.5. The molecule has 3 aromatic rings. The van der Waals surface area contributed by atoms with Gasteiger partial charge in [-0.15, -0.1) is 0 Å². The third-order valence-electron chi connectivity index (χ3n) is 7.47. The maximum absolute atomic E-state index is 14.2. The number of carbonyl (C=O) groups excluding carboxylic acids is 2. The van der Waals surface area contributed by atoms with Gasteiger partial charge in [-0.1, -0.05) is 67.2 Å². The lowest BCUT2D eigenvalue weighted by Gasteiger charge is -2.33. The van der Waals surface area contributed by atoms with Gasteiger partial charge in [-0.05, 0) is 80.3 Å². The highest BCUT2D eigenvalue weighted by molar-refractivity contribution is 7.92. The number of hydrogen-bond donors (Lipinski definition) is 1. The Kier molecular flexibility index (Phi) is 11.3. The van der Waals surface area contributed by atoms with Crippen molar-refractivity contribution in [3.05, 3.63) is 88.4 Å². The molecule has 0 radical (unpaired) electrons. The molecule has 11 heteroatoms. The lowest BCUT2D eigenvalue weighted by Crippen LogP contribution is -2.53. The number of nitrogens with zero attached hydrogens (tertiary/aromatic N) is 2. The van der Waals surface area contributed by atoms with E-state index in [4.69, 9.17) is 27.9 Å². The Balaban J connectivity index is 1.70. The third kappa shape index (κ3) is 8.22. The summed E-state index contributed by atoms with van der Waals surface area (Å²) in [5.74, 6) is -0.253. The number of hydrogen-bond acceptors (Lipinski definition) is 5. The minimum absolute atomic E-state index is 0.00894. The minimum atomic E-state index is -4.18. The predicted molar refractivity (Wildman–Crippen MR) is 170 cm³/mol. The van der Waals surface area contributed by atoms with Gasteiger partial charge < -0.3 is 15.0 Å². The summed E-state index contributed by atoms with van der Waals surface area (Å²) in [5.41, 5.74) is 0.984. The van der Waals surface area contributed by atoms with Gasteiger partial charge in [-0.25, -0.2) is 8.42 Å². The molecule has 2 amide bonds. The van der Waals surface area contributed by atoms with Crippen LogP contribution in [0.1, 0.15) is 51.5 Å². The Bertz CT molecular complexity index is 1500. The fraction of sp³-hybridized carbons (Fsp3) is 0.375. The van der Waals surface area contributed by atoms with Gasteiger partial charge in [0, 0.05) is 12.6 Å². The summed E-state index contributed by atoms with van der Waals surface area (Å²) in [4.78, 5) is 29.2. The standard InChI is InChI=1S/C32H37Cl2N3O5S/c1-3-30(32(39)35-24-10-8-9-11-24)36(21-23-14-19-28(33)29(34)20-23)31(38)22-37(25-12-6-5-7-13-25)43(40,41)27-17-15-26(16-18-27)42-4-2/h5-7,12-20,24,30H,3-4,8-11,21-22H2,1-2H3,(H,35,39). The van der Waals surface area contributed by atoms with E-state index < -0.39 is 28.5 Å². The molecule has 1 N–H and O–H groups in total. The van der Waals surface area contributed by atoms with E-state index in [1.807, 2.05) is 13.8 Å². The first-order valence-corrected chi connectivity index (χ1v) is 16.7. The molecule has 0 aromatic heterocycles. The van der Waals surface area contributed by atoms with Gasteiger partial charge in [-0.2, -0.15) is 0 Å². The van der Waals surface area contributed by atoms with Crippen LogP contribution < -0.4 is 14.4 Å². The van der Waals surface area contributed by atoms with E-state index in [9.17, 15) is 18.0 Å². The van der Waals surface area contributed by atoms with Crippen LogP contribution in [-0.2, 0) is 26.2 Å². The highest BCUT2D eigenvalue weighted by Gasteiger charge is 2.34. The number of para-hydroxylation sites is 1. The molecule has 1 fully saturated rings. The van der Waals surface area contributed by atoms with E-state index >= 15 is 0 Å². The molecule has 0 bridgehead atoms. The van der Waals surface area contributed by atoms with Gasteiger partial charge in [0.2, 0.25) is 11.8 Å². The molecule has 1 aliphatic rings. The molecule has 230 valence electrons. The largest absolute Gasteiger partial charge is 0.494 e. The summed E-state index contributed by atoms with van der Waals surface area (Å²) in [6.45, 7) is 3.64. The zero-order valence-electron chi connectivity index (χ0n) is 24.3. The number of benzene rings is 3. The third-order valence-corrected chi connectivity index (χ3v) is 10.00. The number of sulfonamides is 1. The van der Waals surface area contributed by atoms with Crippen molar-refractivity contribution in [2.45, 2.75) is 69.5 Å². The molecule has 1 saturated carbocycles. The number of nitrogens with one attached hydrogen (secondary N) is 1. The van der Waals surface area contributed by atoms with Crippen LogP contribution in [0.15, 0.2) is 77.7 Å². The molecular formula is C32H37Cl2N3O5S. The number of halogens is 2. The Hall–Kier alpha value is -3.27. The Labute approximate surface area is 264 Å². The first kappa shape index (κ1) is 32.6. The first-order chi connectivity index (χ1) is 20.6. The molecule has 4 rings (SSSR count). The van der Waals surface area contributed by atoms with E-state index in [0.29, 0.717) is 40.1 Å². The minimum Gasteiger partial charge on any atom is -0.494 e. The zero-order valence-corrected chi connectivity index (χ0v) is 26.7. The van der Waals surface area contributed by atoms with Gasteiger partial charge in [-0.3, -0.25) is 13.9 Å². The SMILES string of the molecule is CCOc1ccc(S(=O)(=O)N(CC(=O)N(Cc2ccc(Cl)c(Cl)c2)C(CC)C(=O)NC2CCCC2)c2ccccc2)cc1. The van der Waals surface area contributed by atoms with Gasteiger partial charge in [0.1, 0.15) is 18.3 Å².